The molecule has 1 aromatic rings. The summed E-state index contributed by atoms with van der Waals surface area (Å²) in [6, 6.07) is 7.70. The largest absolute Gasteiger partial charge is 0.490 e. The first-order valence-electron chi connectivity index (χ1n) is 5.49. The number of nitriles is 1. The van der Waals surface area contributed by atoms with Crippen molar-refractivity contribution < 1.29 is 9.47 Å². The summed E-state index contributed by atoms with van der Waals surface area (Å²) in [6.45, 7) is 5.59. The molecule has 0 radical (unpaired) electrons. The Bertz CT molecular complexity index is 416. The number of nitrogens with zero attached hydrogens (tertiary/aromatic N) is 1. The highest BCUT2D eigenvalue weighted by molar-refractivity contribution is 5.43. The lowest BCUT2D eigenvalue weighted by Crippen LogP contribution is -2.06. The Morgan fingerprint density at radius 2 is 2.31 bits per heavy atom. The van der Waals surface area contributed by atoms with Crippen molar-refractivity contribution in [3.8, 4) is 11.8 Å². The van der Waals surface area contributed by atoms with Crippen molar-refractivity contribution in [2.75, 3.05) is 13.2 Å². The zero-order chi connectivity index (χ0) is 11.5. The highest BCUT2D eigenvalue weighted by atomic mass is 16.6. The molecule has 0 spiro atoms. The summed E-state index contributed by atoms with van der Waals surface area (Å²) >= 11 is 0. The first-order valence-corrected chi connectivity index (χ1v) is 5.49. The van der Waals surface area contributed by atoms with Crippen molar-refractivity contribution in [3.63, 3.8) is 0 Å². The normalized spacial score (nSPS) is 18.2. The fraction of sp³-hybridized carbons (Fsp3) is 0.462. The lowest BCUT2D eigenvalue weighted by Gasteiger charge is -2.13. The molecule has 1 aliphatic rings. The third-order valence-electron chi connectivity index (χ3n) is 2.59. The van der Waals surface area contributed by atoms with E-state index < -0.39 is 0 Å². The summed E-state index contributed by atoms with van der Waals surface area (Å²) in [5.41, 5.74) is 1.76. The van der Waals surface area contributed by atoms with Crippen LogP contribution < -0.4 is 4.74 Å². The van der Waals surface area contributed by atoms with E-state index in [1.54, 1.807) is 6.07 Å². The number of ether oxygens (including phenoxy) is 2. The van der Waals surface area contributed by atoms with Gasteiger partial charge in [0.15, 0.2) is 0 Å². The second-order valence-corrected chi connectivity index (χ2v) is 4.29. The molecule has 0 amide bonds. The fourth-order valence-electron chi connectivity index (χ4n) is 1.55. The van der Waals surface area contributed by atoms with Gasteiger partial charge in [-0.1, -0.05) is 13.8 Å². The van der Waals surface area contributed by atoms with E-state index in [4.69, 9.17) is 14.7 Å². The summed E-state index contributed by atoms with van der Waals surface area (Å²) in [5.74, 6) is 1.22. The van der Waals surface area contributed by atoms with Crippen molar-refractivity contribution in [3.05, 3.63) is 29.3 Å². The van der Waals surface area contributed by atoms with Crippen LogP contribution in [0.3, 0.4) is 0 Å². The van der Waals surface area contributed by atoms with Gasteiger partial charge in [-0.25, -0.2) is 0 Å². The van der Waals surface area contributed by atoms with Crippen LogP contribution in [0.15, 0.2) is 18.2 Å². The van der Waals surface area contributed by atoms with Crippen LogP contribution in [0.25, 0.3) is 0 Å². The van der Waals surface area contributed by atoms with Crippen LogP contribution in [-0.2, 0) is 4.74 Å². The van der Waals surface area contributed by atoms with Crippen LogP contribution in [0.4, 0.5) is 0 Å². The second kappa shape index (κ2) is 4.54. The smallest absolute Gasteiger partial charge is 0.122 e. The highest BCUT2D eigenvalue weighted by Gasteiger charge is 2.23. The van der Waals surface area contributed by atoms with E-state index in [0.29, 0.717) is 18.1 Å². The lowest BCUT2D eigenvalue weighted by molar-refractivity contribution is 0.260. The van der Waals surface area contributed by atoms with Crippen molar-refractivity contribution in [2.45, 2.75) is 25.9 Å². The Labute approximate surface area is 95.6 Å². The Kier molecular flexibility index (Phi) is 3.12. The molecule has 3 nitrogen and oxygen atoms in total. The van der Waals surface area contributed by atoms with Crippen LogP contribution >= 0.6 is 0 Å². The van der Waals surface area contributed by atoms with E-state index in [-0.39, 0.29) is 6.10 Å². The van der Waals surface area contributed by atoms with Gasteiger partial charge in [-0.05, 0) is 29.7 Å². The molecule has 16 heavy (non-hydrogen) atoms. The Balaban J connectivity index is 2.17. The first kappa shape index (κ1) is 11.0. The summed E-state index contributed by atoms with van der Waals surface area (Å²) in [7, 11) is 0. The molecule has 1 saturated heterocycles. The van der Waals surface area contributed by atoms with Gasteiger partial charge in [0, 0.05) is 0 Å². The molecule has 2 rings (SSSR count). The average Bonchev–Trinajstić information content (AvgIpc) is 3.09. The maximum atomic E-state index is 8.85. The van der Waals surface area contributed by atoms with Crippen molar-refractivity contribution in [2.24, 2.45) is 0 Å². The lowest BCUT2D eigenvalue weighted by atomic mass is 10.00. The van der Waals surface area contributed by atoms with Crippen LogP contribution in [0.1, 0.15) is 30.9 Å². The van der Waals surface area contributed by atoms with Gasteiger partial charge < -0.3 is 9.47 Å². The van der Waals surface area contributed by atoms with E-state index in [0.717, 1.165) is 17.9 Å². The topological polar surface area (TPSA) is 45.5 Å². The molecule has 1 aliphatic heterocycles. The zero-order valence-electron chi connectivity index (χ0n) is 9.56. The minimum atomic E-state index is 0.260. The van der Waals surface area contributed by atoms with Gasteiger partial charge in [0.25, 0.3) is 0 Å². The number of hydrogen-bond donors (Lipinski definition) is 0. The van der Waals surface area contributed by atoms with Crippen molar-refractivity contribution in [1.82, 2.24) is 0 Å². The van der Waals surface area contributed by atoms with Crippen LogP contribution in [0, 0.1) is 11.3 Å². The van der Waals surface area contributed by atoms with E-state index in [1.807, 2.05) is 12.1 Å². The van der Waals surface area contributed by atoms with Gasteiger partial charge in [-0.15, -0.1) is 0 Å². The number of hydrogen-bond acceptors (Lipinski definition) is 3. The minimum absolute atomic E-state index is 0.260. The third-order valence-corrected chi connectivity index (χ3v) is 2.59. The Morgan fingerprint density at radius 1 is 1.56 bits per heavy atom. The quantitative estimate of drug-likeness (QED) is 0.728. The van der Waals surface area contributed by atoms with Crippen molar-refractivity contribution in [1.29, 1.82) is 5.26 Å². The molecular formula is C13H15NO2. The summed E-state index contributed by atoms with van der Waals surface area (Å²) in [4.78, 5) is 0. The van der Waals surface area contributed by atoms with Gasteiger partial charge in [-0.2, -0.15) is 5.26 Å². The summed E-state index contributed by atoms with van der Waals surface area (Å²) < 4.78 is 10.8. The molecule has 1 atom stereocenters. The highest BCUT2D eigenvalue weighted by Crippen LogP contribution is 2.28. The van der Waals surface area contributed by atoms with E-state index in [2.05, 4.69) is 19.9 Å². The number of rotatable bonds is 4. The van der Waals surface area contributed by atoms with Gasteiger partial charge in [0.1, 0.15) is 18.5 Å². The van der Waals surface area contributed by atoms with Crippen LogP contribution in [-0.4, -0.2) is 19.3 Å². The SMILES string of the molecule is CC(C)c1cc(C#N)ccc1OCC1CO1. The zero-order valence-corrected chi connectivity index (χ0v) is 9.56. The molecule has 1 heterocycles. The number of epoxide rings is 1. The monoisotopic (exact) mass is 217 g/mol. The maximum absolute atomic E-state index is 8.85. The number of benzene rings is 1. The predicted molar refractivity (Wildman–Crippen MR) is 60.5 cm³/mol. The molecule has 0 bridgehead atoms. The Hall–Kier alpha value is -1.53. The molecule has 0 saturated carbocycles. The Morgan fingerprint density at radius 3 is 2.88 bits per heavy atom. The molecule has 1 aromatic carbocycles. The second-order valence-electron chi connectivity index (χ2n) is 4.29. The molecule has 0 aliphatic carbocycles. The predicted octanol–water partition coefficient (Wildman–Crippen LogP) is 2.46. The minimum Gasteiger partial charge on any atom is -0.490 e. The summed E-state index contributed by atoms with van der Waals surface area (Å²) in [6.07, 6.45) is 0.260. The molecule has 3 heteroatoms. The van der Waals surface area contributed by atoms with Gasteiger partial charge in [-0.3, -0.25) is 0 Å². The van der Waals surface area contributed by atoms with Gasteiger partial charge in [0.05, 0.1) is 18.2 Å². The molecule has 1 unspecified atom stereocenters. The third kappa shape index (κ3) is 2.53. The van der Waals surface area contributed by atoms with E-state index >= 15 is 0 Å². The standard InChI is InChI=1S/C13H15NO2/c1-9(2)12-5-10(6-14)3-4-13(12)16-8-11-7-15-11/h3-5,9,11H,7-8H2,1-2H3. The van der Waals surface area contributed by atoms with Crippen LogP contribution in [0.2, 0.25) is 0 Å². The summed E-state index contributed by atoms with van der Waals surface area (Å²) in [5, 5.41) is 8.85. The van der Waals surface area contributed by atoms with Crippen molar-refractivity contribution >= 4 is 0 Å². The molecular weight excluding hydrogens is 202 g/mol. The fourth-order valence-corrected chi connectivity index (χ4v) is 1.55. The van der Waals surface area contributed by atoms with E-state index in [9.17, 15) is 0 Å². The molecule has 84 valence electrons. The van der Waals surface area contributed by atoms with Crippen LogP contribution in [0.5, 0.6) is 5.75 Å². The van der Waals surface area contributed by atoms with E-state index in [1.165, 1.54) is 0 Å². The molecule has 0 aromatic heterocycles. The van der Waals surface area contributed by atoms with Gasteiger partial charge in [0.2, 0.25) is 0 Å². The first-order chi connectivity index (χ1) is 7.70. The molecule has 0 N–H and O–H groups in total. The average molecular weight is 217 g/mol. The molecule has 1 fully saturated rings. The maximum Gasteiger partial charge on any atom is 0.122 e. The van der Waals surface area contributed by atoms with Gasteiger partial charge >= 0.3 is 0 Å².